The summed E-state index contributed by atoms with van der Waals surface area (Å²) in [6.45, 7) is 0. The molecule has 1 amide bonds. The van der Waals surface area contributed by atoms with E-state index in [1.807, 2.05) is 30.3 Å². The molecule has 1 saturated carbocycles. The van der Waals surface area contributed by atoms with E-state index in [4.69, 9.17) is 12.2 Å². The van der Waals surface area contributed by atoms with Crippen LogP contribution in [0.1, 0.15) is 36.2 Å². The monoisotopic (exact) mass is 287 g/mol. The predicted molar refractivity (Wildman–Crippen MR) is 80.7 cm³/mol. The molecule has 1 aromatic carbocycles. The molecule has 1 aliphatic carbocycles. The number of amides is 1. The van der Waals surface area contributed by atoms with Gasteiger partial charge in [-0.05, 0) is 37.2 Å². The summed E-state index contributed by atoms with van der Waals surface area (Å²) >= 11 is 5.28. The molecule has 20 heavy (non-hydrogen) atoms. The Labute approximate surface area is 122 Å². The summed E-state index contributed by atoms with van der Waals surface area (Å²) in [5.74, 6) is -0.0619. The molecule has 2 aromatic rings. The zero-order valence-corrected chi connectivity index (χ0v) is 12.0. The van der Waals surface area contributed by atoms with E-state index in [9.17, 15) is 4.79 Å². The lowest BCUT2D eigenvalue weighted by Gasteiger charge is -2.13. The first-order valence-electron chi connectivity index (χ1n) is 6.92. The van der Waals surface area contributed by atoms with Crippen molar-refractivity contribution in [2.75, 3.05) is 0 Å². The molecule has 2 N–H and O–H groups in total. The van der Waals surface area contributed by atoms with Crippen LogP contribution in [-0.4, -0.2) is 21.5 Å². The molecule has 4 nitrogen and oxygen atoms in total. The van der Waals surface area contributed by atoms with E-state index in [-0.39, 0.29) is 5.91 Å². The Morgan fingerprint density at radius 3 is 2.65 bits per heavy atom. The van der Waals surface area contributed by atoms with E-state index in [1.165, 1.54) is 12.8 Å². The molecule has 0 bridgehead atoms. The van der Waals surface area contributed by atoms with Crippen molar-refractivity contribution < 1.29 is 4.79 Å². The van der Waals surface area contributed by atoms with E-state index < -0.39 is 0 Å². The SMILES string of the molecule is O=C(NC1CCCC1)c1c[nH]c(=S)n1-c1ccccc1. The third kappa shape index (κ3) is 2.54. The average molecular weight is 287 g/mol. The number of imidazole rings is 1. The van der Waals surface area contributed by atoms with Crippen LogP contribution in [0.5, 0.6) is 0 Å². The van der Waals surface area contributed by atoms with Crippen LogP contribution in [0, 0.1) is 4.77 Å². The van der Waals surface area contributed by atoms with Crippen molar-refractivity contribution in [3.05, 3.63) is 47.0 Å². The van der Waals surface area contributed by atoms with Gasteiger partial charge in [0.2, 0.25) is 0 Å². The van der Waals surface area contributed by atoms with Crippen molar-refractivity contribution in [2.24, 2.45) is 0 Å². The molecule has 0 atom stereocenters. The largest absolute Gasteiger partial charge is 0.348 e. The lowest BCUT2D eigenvalue weighted by Crippen LogP contribution is -2.33. The van der Waals surface area contributed by atoms with Crippen molar-refractivity contribution in [3.63, 3.8) is 0 Å². The fraction of sp³-hybridized carbons (Fsp3) is 0.333. The second-order valence-electron chi connectivity index (χ2n) is 5.10. The van der Waals surface area contributed by atoms with Crippen LogP contribution in [0.15, 0.2) is 36.5 Å². The number of aromatic amines is 1. The molecule has 0 radical (unpaired) electrons. The number of aromatic nitrogens is 2. The molecule has 0 unspecified atom stereocenters. The van der Waals surface area contributed by atoms with Crippen LogP contribution in [0.4, 0.5) is 0 Å². The number of carbonyl (C=O) groups excluding carboxylic acids is 1. The third-order valence-corrected chi connectivity index (χ3v) is 4.01. The molecular weight excluding hydrogens is 270 g/mol. The number of nitrogens with zero attached hydrogens (tertiary/aromatic N) is 1. The van der Waals surface area contributed by atoms with Crippen molar-refractivity contribution in [1.29, 1.82) is 0 Å². The summed E-state index contributed by atoms with van der Waals surface area (Å²) in [6, 6.07) is 9.99. The van der Waals surface area contributed by atoms with Gasteiger partial charge in [0.25, 0.3) is 5.91 Å². The number of nitrogens with one attached hydrogen (secondary N) is 2. The molecular formula is C15H17N3OS. The molecule has 1 aromatic heterocycles. The summed E-state index contributed by atoms with van der Waals surface area (Å²) in [4.78, 5) is 15.4. The summed E-state index contributed by atoms with van der Waals surface area (Å²) in [5, 5.41) is 3.09. The number of carbonyl (C=O) groups is 1. The van der Waals surface area contributed by atoms with Gasteiger partial charge in [0, 0.05) is 17.9 Å². The number of H-pyrrole nitrogens is 1. The molecule has 104 valence electrons. The number of para-hydroxylation sites is 1. The Morgan fingerprint density at radius 2 is 1.95 bits per heavy atom. The lowest BCUT2D eigenvalue weighted by atomic mass is 10.2. The van der Waals surface area contributed by atoms with Crippen LogP contribution in [0.25, 0.3) is 5.69 Å². The number of hydrogen-bond donors (Lipinski definition) is 2. The van der Waals surface area contributed by atoms with Gasteiger partial charge in [0.05, 0.1) is 0 Å². The zero-order valence-electron chi connectivity index (χ0n) is 11.1. The summed E-state index contributed by atoms with van der Waals surface area (Å²) in [7, 11) is 0. The first-order chi connectivity index (χ1) is 9.75. The molecule has 0 aliphatic heterocycles. The maximum absolute atomic E-state index is 12.4. The van der Waals surface area contributed by atoms with Gasteiger partial charge in [-0.25, -0.2) is 0 Å². The van der Waals surface area contributed by atoms with E-state index in [0.717, 1.165) is 18.5 Å². The molecule has 0 saturated heterocycles. The predicted octanol–water partition coefficient (Wildman–Crippen LogP) is 3.21. The van der Waals surface area contributed by atoms with Gasteiger partial charge < -0.3 is 10.3 Å². The minimum atomic E-state index is -0.0619. The molecule has 0 spiro atoms. The summed E-state index contributed by atoms with van der Waals surface area (Å²) < 4.78 is 2.31. The Morgan fingerprint density at radius 1 is 1.25 bits per heavy atom. The maximum atomic E-state index is 12.4. The van der Waals surface area contributed by atoms with E-state index in [2.05, 4.69) is 10.3 Å². The third-order valence-electron chi connectivity index (χ3n) is 3.71. The number of benzene rings is 1. The molecule has 1 heterocycles. The Balaban J connectivity index is 1.90. The second kappa shape index (κ2) is 5.63. The lowest BCUT2D eigenvalue weighted by molar-refractivity contribution is 0.0931. The minimum absolute atomic E-state index is 0.0619. The van der Waals surface area contributed by atoms with Gasteiger partial charge in [-0.2, -0.15) is 0 Å². The highest BCUT2D eigenvalue weighted by Crippen LogP contribution is 2.19. The van der Waals surface area contributed by atoms with Gasteiger partial charge in [-0.3, -0.25) is 9.36 Å². The first kappa shape index (κ1) is 13.1. The molecule has 1 fully saturated rings. The van der Waals surface area contributed by atoms with E-state index >= 15 is 0 Å². The average Bonchev–Trinajstić information content (AvgIpc) is 3.09. The van der Waals surface area contributed by atoms with Crippen molar-refractivity contribution in [1.82, 2.24) is 14.9 Å². The molecule has 5 heteroatoms. The van der Waals surface area contributed by atoms with Gasteiger partial charge in [0.15, 0.2) is 4.77 Å². The highest BCUT2D eigenvalue weighted by atomic mass is 32.1. The fourth-order valence-electron chi connectivity index (χ4n) is 2.70. The summed E-state index contributed by atoms with van der Waals surface area (Å²) in [5.41, 5.74) is 1.46. The highest BCUT2D eigenvalue weighted by molar-refractivity contribution is 7.71. The fourth-order valence-corrected chi connectivity index (χ4v) is 2.96. The second-order valence-corrected chi connectivity index (χ2v) is 5.49. The Hall–Kier alpha value is -1.88. The van der Waals surface area contributed by atoms with Crippen LogP contribution < -0.4 is 5.32 Å². The normalized spacial score (nSPS) is 15.4. The minimum Gasteiger partial charge on any atom is -0.348 e. The Bertz CT molecular complexity index is 653. The van der Waals surface area contributed by atoms with E-state index in [1.54, 1.807) is 10.8 Å². The van der Waals surface area contributed by atoms with Gasteiger partial charge in [0.1, 0.15) is 5.69 Å². The molecule has 3 rings (SSSR count). The summed E-state index contributed by atoms with van der Waals surface area (Å²) in [6.07, 6.45) is 6.22. The Kier molecular flexibility index (Phi) is 3.69. The van der Waals surface area contributed by atoms with Crippen LogP contribution >= 0.6 is 12.2 Å². The number of rotatable bonds is 3. The van der Waals surface area contributed by atoms with Crippen LogP contribution in [0.2, 0.25) is 0 Å². The van der Waals surface area contributed by atoms with Crippen molar-refractivity contribution in [3.8, 4) is 5.69 Å². The zero-order chi connectivity index (χ0) is 13.9. The van der Waals surface area contributed by atoms with Crippen LogP contribution in [0.3, 0.4) is 0 Å². The van der Waals surface area contributed by atoms with Gasteiger partial charge in [-0.15, -0.1) is 0 Å². The van der Waals surface area contributed by atoms with E-state index in [0.29, 0.717) is 16.5 Å². The quantitative estimate of drug-likeness (QED) is 0.852. The topological polar surface area (TPSA) is 49.8 Å². The van der Waals surface area contributed by atoms with Crippen LogP contribution in [-0.2, 0) is 0 Å². The highest BCUT2D eigenvalue weighted by Gasteiger charge is 2.20. The standard InChI is InChI=1S/C15H17N3OS/c19-14(17-11-6-4-5-7-11)13-10-16-15(20)18(13)12-8-2-1-3-9-12/h1-3,8-11H,4-7H2,(H,16,20)(H,17,19). The number of hydrogen-bond acceptors (Lipinski definition) is 2. The molecule has 1 aliphatic rings. The van der Waals surface area contributed by atoms with Crippen molar-refractivity contribution >= 4 is 18.1 Å². The van der Waals surface area contributed by atoms with Gasteiger partial charge >= 0.3 is 0 Å². The smallest absolute Gasteiger partial charge is 0.270 e. The first-order valence-corrected chi connectivity index (χ1v) is 7.33. The maximum Gasteiger partial charge on any atom is 0.270 e. The van der Waals surface area contributed by atoms with Gasteiger partial charge in [-0.1, -0.05) is 31.0 Å². The van der Waals surface area contributed by atoms with Crippen molar-refractivity contribution in [2.45, 2.75) is 31.7 Å².